The van der Waals surface area contributed by atoms with Crippen LogP contribution in [0.4, 0.5) is 0 Å². The van der Waals surface area contributed by atoms with Gasteiger partial charge in [-0.2, -0.15) is 0 Å². The number of Topliss-reactive ketones (excluding diaryl/α,β-unsaturated/α-hetero) is 1. The zero-order valence-corrected chi connectivity index (χ0v) is 17.2. The summed E-state index contributed by atoms with van der Waals surface area (Å²) in [5, 5.41) is 0. The quantitative estimate of drug-likeness (QED) is 0.680. The van der Waals surface area contributed by atoms with Crippen LogP contribution in [0.15, 0.2) is 68.6 Å². The maximum Gasteiger partial charge on any atom is 0.196 e. The Morgan fingerprint density at radius 3 is 1.60 bits per heavy atom. The van der Waals surface area contributed by atoms with Crippen molar-refractivity contribution >= 4 is 49.8 Å². The Balaban J connectivity index is 1.93. The lowest BCUT2D eigenvalue weighted by Gasteiger charge is -2.25. The summed E-state index contributed by atoms with van der Waals surface area (Å²) in [7, 11) is 0. The second kappa shape index (κ2) is 8.26. The molecule has 1 fully saturated rings. The Morgan fingerprint density at radius 2 is 1.24 bits per heavy atom. The maximum atomic E-state index is 13.0. The first kappa shape index (κ1) is 18.3. The number of hydrogen-bond acceptors (Lipinski definition) is 1. The number of halogens is 2. The fourth-order valence-electron chi connectivity index (χ4n) is 2.97. The summed E-state index contributed by atoms with van der Waals surface area (Å²) in [6.45, 7) is 4.73. The van der Waals surface area contributed by atoms with Crippen LogP contribution in [-0.4, -0.2) is 25.4 Å². The Bertz CT molecular complexity index is 752. The zero-order chi connectivity index (χ0) is 17.8. The molecule has 0 aromatic heterocycles. The summed E-state index contributed by atoms with van der Waals surface area (Å²) in [6.07, 6.45) is 4.05. The van der Waals surface area contributed by atoms with Crippen LogP contribution in [0.2, 0.25) is 0 Å². The number of piperidine rings is 1. The van der Waals surface area contributed by atoms with Crippen molar-refractivity contribution in [3.63, 3.8) is 0 Å². The van der Waals surface area contributed by atoms with Crippen LogP contribution in [0.5, 0.6) is 0 Å². The molecule has 2 nitrogen and oxygen atoms in total. The summed E-state index contributed by atoms with van der Waals surface area (Å²) in [6, 6.07) is 16.1. The minimum Gasteiger partial charge on any atom is -0.327 e. The molecule has 2 aromatic carbocycles. The van der Waals surface area contributed by atoms with Crippen LogP contribution >= 0.6 is 31.9 Å². The number of ketones is 1. The van der Waals surface area contributed by atoms with Crippen LogP contribution in [0.25, 0.3) is 12.2 Å². The number of benzene rings is 2. The average Bonchev–Trinajstić information content (AvgIpc) is 2.62. The van der Waals surface area contributed by atoms with Crippen molar-refractivity contribution < 1.29 is 9.69 Å². The van der Waals surface area contributed by atoms with Gasteiger partial charge in [0.2, 0.25) is 0 Å². The van der Waals surface area contributed by atoms with E-state index in [1.165, 1.54) is 4.90 Å². The van der Waals surface area contributed by atoms with Gasteiger partial charge in [0.05, 0.1) is 17.7 Å². The molecule has 1 aliphatic heterocycles. The lowest BCUT2D eigenvalue weighted by molar-refractivity contribution is -0.889. The van der Waals surface area contributed by atoms with Gasteiger partial charge in [0.15, 0.2) is 5.78 Å². The van der Waals surface area contributed by atoms with Gasteiger partial charge in [-0.3, -0.25) is 4.79 Å². The van der Waals surface area contributed by atoms with Gasteiger partial charge in [-0.05, 0) is 54.5 Å². The van der Waals surface area contributed by atoms with Crippen LogP contribution in [-0.2, 0) is 4.79 Å². The molecule has 1 aliphatic rings. The van der Waals surface area contributed by atoms with E-state index in [2.05, 4.69) is 38.8 Å². The SMILES string of the molecule is CC[NH+]1C/C(=C/c2ccc(Br)cc2)C(=O)/C(=C/c2ccc(Br)cc2)C1. The highest BCUT2D eigenvalue weighted by Crippen LogP contribution is 2.19. The number of rotatable bonds is 3. The van der Waals surface area contributed by atoms with Crippen molar-refractivity contribution in [2.45, 2.75) is 6.92 Å². The number of likely N-dealkylation sites (tertiary alicyclic amines) is 1. The highest BCUT2D eigenvalue weighted by atomic mass is 79.9. The number of quaternary nitrogens is 1. The predicted octanol–water partition coefficient (Wildman–Crippen LogP) is 4.17. The molecule has 1 N–H and O–H groups in total. The van der Waals surface area contributed by atoms with Gasteiger partial charge in [0, 0.05) is 8.95 Å². The standard InChI is InChI=1S/C21H19Br2NO/c1-2-24-13-17(11-15-3-7-19(22)8-4-15)21(25)18(14-24)12-16-5-9-20(23)10-6-16/h3-12H,2,13-14H2,1H3/p+1/b17-11-,18-12+. The Morgan fingerprint density at radius 1 is 0.840 bits per heavy atom. The minimum atomic E-state index is 0.169. The molecule has 4 heteroatoms. The summed E-state index contributed by atoms with van der Waals surface area (Å²) in [4.78, 5) is 14.4. The van der Waals surface area contributed by atoms with Crippen LogP contribution in [0.3, 0.4) is 0 Å². The molecule has 1 saturated heterocycles. The van der Waals surface area contributed by atoms with E-state index in [0.717, 1.165) is 50.9 Å². The monoisotopic (exact) mass is 460 g/mol. The third kappa shape index (κ3) is 4.78. The van der Waals surface area contributed by atoms with Gasteiger partial charge in [-0.15, -0.1) is 0 Å². The van der Waals surface area contributed by atoms with Crippen molar-refractivity contribution in [2.75, 3.05) is 19.6 Å². The second-order valence-electron chi connectivity index (χ2n) is 6.23. The fraction of sp³-hybridized carbons (Fsp3) is 0.190. The van der Waals surface area contributed by atoms with Crippen molar-refractivity contribution in [3.05, 3.63) is 79.7 Å². The van der Waals surface area contributed by atoms with Crippen LogP contribution in [0.1, 0.15) is 18.1 Å². The topological polar surface area (TPSA) is 21.5 Å². The molecule has 1 atom stereocenters. The largest absolute Gasteiger partial charge is 0.327 e. The summed E-state index contributed by atoms with van der Waals surface area (Å²) in [5.74, 6) is 0.169. The van der Waals surface area contributed by atoms with E-state index in [1.807, 2.05) is 60.7 Å². The number of hydrogen-bond donors (Lipinski definition) is 1. The van der Waals surface area contributed by atoms with E-state index in [-0.39, 0.29) is 5.78 Å². The third-order valence-corrected chi connectivity index (χ3v) is 5.44. The molecule has 0 spiro atoms. The van der Waals surface area contributed by atoms with E-state index in [1.54, 1.807) is 0 Å². The number of likely N-dealkylation sites (N-methyl/N-ethyl adjacent to an activating group) is 1. The van der Waals surface area contributed by atoms with E-state index in [0.29, 0.717) is 0 Å². The predicted molar refractivity (Wildman–Crippen MR) is 110 cm³/mol. The molecule has 128 valence electrons. The lowest BCUT2D eigenvalue weighted by Crippen LogP contribution is -3.13. The molecule has 1 heterocycles. The first-order chi connectivity index (χ1) is 12.0. The molecular weight excluding hydrogens is 442 g/mol. The molecule has 1 unspecified atom stereocenters. The van der Waals surface area contributed by atoms with E-state index < -0.39 is 0 Å². The summed E-state index contributed by atoms with van der Waals surface area (Å²) in [5.41, 5.74) is 3.89. The molecule has 0 amide bonds. The van der Waals surface area contributed by atoms with Crippen molar-refractivity contribution in [2.24, 2.45) is 0 Å². The van der Waals surface area contributed by atoms with Crippen LogP contribution < -0.4 is 4.90 Å². The summed E-state index contributed by atoms with van der Waals surface area (Å²) >= 11 is 6.90. The molecular formula is C21H20Br2NO+. The second-order valence-corrected chi connectivity index (χ2v) is 8.06. The zero-order valence-electron chi connectivity index (χ0n) is 14.1. The molecule has 0 aliphatic carbocycles. The molecule has 0 radical (unpaired) electrons. The van der Waals surface area contributed by atoms with Gasteiger partial charge in [0.1, 0.15) is 13.1 Å². The van der Waals surface area contributed by atoms with Crippen molar-refractivity contribution in [3.8, 4) is 0 Å². The highest BCUT2D eigenvalue weighted by molar-refractivity contribution is 9.10. The van der Waals surface area contributed by atoms with Crippen LogP contribution in [0, 0.1) is 0 Å². The van der Waals surface area contributed by atoms with E-state index in [4.69, 9.17) is 0 Å². The maximum absolute atomic E-state index is 13.0. The highest BCUT2D eigenvalue weighted by Gasteiger charge is 2.28. The normalized spacial score (nSPS) is 21.1. The average molecular weight is 462 g/mol. The van der Waals surface area contributed by atoms with E-state index >= 15 is 0 Å². The van der Waals surface area contributed by atoms with Gasteiger partial charge >= 0.3 is 0 Å². The molecule has 25 heavy (non-hydrogen) atoms. The Kier molecular flexibility index (Phi) is 6.05. The Labute approximate surface area is 165 Å². The first-order valence-corrected chi connectivity index (χ1v) is 9.94. The van der Waals surface area contributed by atoms with Crippen molar-refractivity contribution in [1.29, 1.82) is 0 Å². The molecule has 0 saturated carbocycles. The van der Waals surface area contributed by atoms with Gasteiger partial charge < -0.3 is 4.90 Å². The van der Waals surface area contributed by atoms with E-state index in [9.17, 15) is 4.79 Å². The lowest BCUT2D eigenvalue weighted by atomic mass is 9.94. The van der Waals surface area contributed by atoms with Gasteiger partial charge in [-0.1, -0.05) is 56.1 Å². The molecule has 0 bridgehead atoms. The fourth-order valence-corrected chi connectivity index (χ4v) is 3.50. The Hall–Kier alpha value is -1.49. The molecule has 2 aromatic rings. The van der Waals surface area contributed by atoms with Crippen molar-refractivity contribution in [1.82, 2.24) is 0 Å². The third-order valence-electron chi connectivity index (χ3n) is 4.39. The minimum absolute atomic E-state index is 0.169. The van der Waals surface area contributed by atoms with Gasteiger partial charge in [0.25, 0.3) is 0 Å². The summed E-state index contributed by atoms with van der Waals surface area (Å²) < 4.78 is 2.09. The van der Waals surface area contributed by atoms with Gasteiger partial charge in [-0.25, -0.2) is 0 Å². The first-order valence-electron chi connectivity index (χ1n) is 8.35. The number of nitrogens with one attached hydrogen (secondary N) is 1. The number of carbonyl (C=O) groups is 1. The molecule has 3 rings (SSSR count). The smallest absolute Gasteiger partial charge is 0.196 e. The number of carbonyl (C=O) groups excluding carboxylic acids is 1.